The zero-order valence-corrected chi connectivity index (χ0v) is 29.3. The van der Waals surface area contributed by atoms with Crippen LogP contribution in [0.1, 0.15) is 113 Å². The van der Waals surface area contributed by atoms with Crippen LogP contribution in [-0.2, 0) is 19.0 Å². The molecule has 0 bridgehead atoms. The summed E-state index contributed by atoms with van der Waals surface area (Å²) >= 11 is 0. The zero-order chi connectivity index (χ0) is 33.3. The quantitative estimate of drug-likeness (QED) is 0.269. The molecule has 5 aliphatic rings. The molecule has 0 spiro atoms. The first kappa shape index (κ1) is 35.4. The lowest BCUT2D eigenvalue weighted by Crippen LogP contribution is -2.66. The Morgan fingerprint density at radius 3 is 2.24 bits per heavy atom. The maximum Gasteiger partial charge on any atom is 0.187 e. The SMILES string of the molecule is CO[C@H]1CC[C@@]2(C)C(CC[C@]3(C)C2CC(=O)C2C(C(C)(CCC=C(C)C)O[C@@H]4OC(CO)[C@@H](O)C(O)C4O)CC[C@]23C)C1(C)C. The summed E-state index contributed by atoms with van der Waals surface area (Å²) in [5.41, 5.74) is 0.246. The van der Waals surface area contributed by atoms with Crippen molar-refractivity contribution in [3.63, 3.8) is 0 Å². The molecule has 1 heterocycles. The van der Waals surface area contributed by atoms with E-state index in [4.69, 9.17) is 14.2 Å². The molecule has 4 saturated carbocycles. The predicted octanol–water partition coefficient (Wildman–Crippen LogP) is 5.19. The van der Waals surface area contributed by atoms with E-state index in [0.29, 0.717) is 30.5 Å². The molecule has 0 radical (unpaired) electrons. The standard InChI is InChI=1S/C37H62O8/c1-21(2)11-10-15-37(8,45-32-31(42)30(41)29(40)24(20-38)44-32)22-12-17-36(7)28(22)23(39)19-26-34(5)16-14-27(43-9)33(3,4)25(34)13-18-35(26,36)6/h11,22,24-32,38,40-42H,10,12-20H2,1-9H3/t22?,24?,25?,26?,27-,28?,29+,30?,31?,32-,34-,35+,36+,37?/m0/s1. The van der Waals surface area contributed by atoms with Crippen molar-refractivity contribution in [1.29, 1.82) is 0 Å². The molecule has 4 N–H and O–H groups in total. The number of allylic oxidation sites excluding steroid dienone is 2. The predicted molar refractivity (Wildman–Crippen MR) is 172 cm³/mol. The first-order chi connectivity index (χ1) is 20.9. The Balaban J connectivity index is 1.49. The summed E-state index contributed by atoms with van der Waals surface area (Å²) in [6.45, 7) is 17.7. The monoisotopic (exact) mass is 634 g/mol. The molecule has 0 amide bonds. The normalized spacial score (nSPS) is 49.0. The van der Waals surface area contributed by atoms with Gasteiger partial charge < -0.3 is 34.6 Å². The average molecular weight is 635 g/mol. The van der Waals surface area contributed by atoms with E-state index in [9.17, 15) is 25.2 Å². The number of methoxy groups -OCH3 is 1. The number of ether oxygens (including phenoxy) is 3. The van der Waals surface area contributed by atoms with Crippen molar-refractivity contribution in [2.45, 2.75) is 156 Å². The molecular formula is C37H62O8. The summed E-state index contributed by atoms with van der Waals surface area (Å²) in [5.74, 6) is 0.843. The number of rotatable bonds is 8. The van der Waals surface area contributed by atoms with E-state index in [1.807, 2.05) is 14.0 Å². The van der Waals surface area contributed by atoms with Gasteiger partial charge in [-0.15, -0.1) is 0 Å². The Bertz CT molecular complexity index is 1130. The number of hydrogen-bond acceptors (Lipinski definition) is 8. The Labute approximate surface area is 271 Å². The highest BCUT2D eigenvalue weighted by atomic mass is 16.7. The third-order valence-electron chi connectivity index (χ3n) is 14.6. The largest absolute Gasteiger partial charge is 0.394 e. The molecule has 0 aromatic rings. The Kier molecular flexibility index (Phi) is 9.63. The van der Waals surface area contributed by atoms with Crippen LogP contribution in [0.2, 0.25) is 0 Å². The van der Waals surface area contributed by atoms with E-state index in [1.54, 1.807) is 0 Å². The van der Waals surface area contributed by atoms with E-state index in [2.05, 4.69) is 54.5 Å². The van der Waals surface area contributed by atoms with Gasteiger partial charge in [-0.2, -0.15) is 0 Å². The lowest BCUT2D eigenvalue weighted by molar-refractivity contribution is -0.333. The van der Waals surface area contributed by atoms with E-state index in [1.165, 1.54) is 5.57 Å². The number of carbonyl (C=O) groups excluding carboxylic acids is 1. The van der Waals surface area contributed by atoms with E-state index >= 15 is 0 Å². The third-order valence-corrected chi connectivity index (χ3v) is 14.6. The molecule has 4 aliphatic carbocycles. The number of aliphatic hydroxyl groups excluding tert-OH is 4. The van der Waals surface area contributed by atoms with Gasteiger partial charge >= 0.3 is 0 Å². The van der Waals surface area contributed by atoms with Crippen molar-refractivity contribution in [3.8, 4) is 0 Å². The number of hydrogen-bond donors (Lipinski definition) is 4. The van der Waals surface area contributed by atoms with Gasteiger partial charge in [0.1, 0.15) is 30.2 Å². The van der Waals surface area contributed by atoms with Gasteiger partial charge in [0.2, 0.25) is 0 Å². The van der Waals surface area contributed by atoms with Crippen LogP contribution in [0, 0.1) is 45.3 Å². The maximum atomic E-state index is 14.7. The Morgan fingerprint density at radius 1 is 0.956 bits per heavy atom. The summed E-state index contributed by atoms with van der Waals surface area (Å²) in [4.78, 5) is 14.7. The molecule has 5 fully saturated rings. The van der Waals surface area contributed by atoms with Gasteiger partial charge in [0, 0.05) is 19.4 Å². The first-order valence-electron chi connectivity index (χ1n) is 17.6. The highest BCUT2D eigenvalue weighted by Gasteiger charge is 2.72. The molecule has 8 nitrogen and oxygen atoms in total. The second-order valence-corrected chi connectivity index (χ2v) is 17.3. The molecule has 45 heavy (non-hydrogen) atoms. The van der Waals surface area contributed by atoms with Crippen molar-refractivity contribution < 1.29 is 39.4 Å². The second-order valence-electron chi connectivity index (χ2n) is 17.3. The molecule has 8 unspecified atom stereocenters. The molecule has 1 aliphatic heterocycles. The molecule has 0 aromatic heterocycles. The minimum Gasteiger partial charge on any atom is -0.394 e. The minimum absolute atomic E-state index is 0.00841. The molecule has 5 rings (SSSR count). The van der Waals surface area contributed by atoms with Crippen LogP contribution in [0.3, 0.4) is 0 Å². The van der Waals surface area contributed by atoms with Gasteiger partial charge in [0.25, 0.3) is 0 Å². The number of aliphatic hydroxyl groups is 4. The second kappa shape index (κ2) is 12.2. The lowest BCUT2D eigenvalue weighted by Gasteiger charge is -2.69. The summed E-state index contributed by atoms with van der Waals surface area (Å²) in [6, 6.07) is 0. The van der Waals surface area contributed by atoms with Gasteiger partial charge in [0.05, 0.1) is 18.3 Å². The van der Waals surface area contributed by atoms with Crippen LogP contribution in [-0.4, -0.2) is 82.3 Å². The molecular weight excluding hydrogens is 572 g/mol. The van der Waals surface area contributed by atoms with Crippen molar-refractivity contribution in [3.05, 3.63) is 11.6 Å². The van der Waals surface area contributed by atoms with Gasteiger partial charge in [-0.25, -0.2) is 0 Å². The van der Waals surface area contributed by atoms with Crippen LogP contribution < -0.4 is 0 Å². The zero-order valence-electron chi connectivity index (χ0n) is 29.3. The third kappa shape index (κ3) is 5.41. The van der Waals surface area contributed by atoms with Crippen molar-refractivity contribution >= 4 is 5.78 Å². The molecule has 1 saturated heterocycles. The van der Waals surface area contributed by atoms with Crippen LogP contribution in [0.25, 0.3) is 0 Å². The van der Waals surface area contributed by atoms with Crippen molar-refractivity contribution in [2.24, 2.45) is 45.3 Å². The van der Waals surface area contributed by atoms with Crippen LogP contribution in [0.15, 0.2) is 11.6 Å². The summed E-state index contributed by atoms with van der Waals surface area (Å²) in [6.07, 6.45) is 3.70. The van der Waals surface area contributed by atoms with E-state index < -0.39 is 42.9 Å². The maximum absolute atomic E-state index is 14.7. The number of carbonyl (C=O) groups is 1. The molecule has 258 valence electrons. The van der Waals surface area contributed by atoms with Crippen LogP contribution >= 0.6 is 0 Å². The number of fused-ring (bicyclic) bond motifs is 5. The molecule has 14 atom stereocenters. The van der Waals surface area contributed by atoms with E-state index in [0.717, 1.165) is 44.9 Å². The lowest BCUT2D eigenvalue weighted by atomic mass is 9.35. The highest BCUT2D eigenvalue weighted by Crippen LogP contribution is 2.75. The smallest absolute Gasteiger partial charge is 0.187 e. The van der Waals surface area contributed by atoms with Gasteiger partial charge in [-0.3, -0.25) is 4.79 Å². The molecule has 8 heteroatoms. The fourth-order valence-electron chi connectivity index (χ4n) is 11.9. The number of Topliss-reactive ketones (excluding diaryl/α,β-unsaturated/α-hetero) is 1. The number of ketones is 1. The summed E-state index contributed by atoms with van der Waals surface area (Å²) in [7, 11) is 1.84. The first-order valence-corrected chi connectivity index (χ1v) is 17.6. The molecule has 0 aromatic carbocycles. The van der Waals surface area contributed by atoms with Gasteiger partial charge in [0.15, 0.2) is 6.29 Å². The topological polar surface area (TPSA) is 126 Å². The van der Waals surface area contributed by atoms with Gasteiger partial charge in [-0.05, 0) is 112 Å². The summed E-state index contributed by atoms with van der Waals surface area (Å²) in [5, 5.41) is 41.7. The Hall–Kier alpha value is -0.870. The van der Waals surface area contributed by atoms with E-state index in [-0.39, 0.29) is 39.6 Å². The minimum atomic E-state index is -1.51. The van der Waals surface area contributed by atoms with Crippen LogP contribution in [0.4, 0.5) is 0 Å². The van der Waals surface area contributed by atoms with Crippen LogP contribution in [0.5, 0.6) is 0 Å². The van der Waals surface area contributed by atoms with Gasteiger partial charge in [-0.1, -0.05) is 46.3 Å². The average Bonchev–Trinajstić information content (AvgIpc) is 3.35. The summed E-state index contributed by atoms with van der Waals surface area (Å²) < 4.78 is 18.6. The van der Waals surface area contributed by atoms with Crippen molar-refractivity contribution in [1.82, 2.24) is 0 Å². The fourth-order valence-corrected chi connectivity index (χ4v) is 11.9. The fraction of sp³-hybridized carbons (Fsp3) is 0.919. The highest BCUT2D eigenvalue weighted by molar-refractivity contribution is 5.84. The Morgan fingerprint density at radius 2 is 1.62 bits per heavy atom. The van der Waals surface area contributed by atoms with Crippen molar-refractivity contribution in [2.75, 3.05) is 13.7 Å².